The van der Waals surface area contributed by atoms with Crippen molar-refractivity contribution in [1.29, 1.82) is 0 Å². The molecule has 0 atom stereocenters. The Hall–Kier alpha value is -2.62. The SMILES string of the molecule is CCCn1c(SCC(=O)Nc2ccc(C)c([N+](=O)[O-])c2)n[nH]c1=O. The Morgan fingerprint density at radius 3 is 2.92 bits per heavy atom. The minimum Gasteiger partial charge on any atom is -0.325 e. The second-order valence-electron chi connectivity index (χ2n) is 5.06. The average molecular weight is 351 g/mol. The molecule has 9 nitrogen and oxygen atoms in total. The third-order valence-electron chi connectivity index (χ3n) is 3.19. The van der Waals surface area contributed by atoms with Gasteiger partial charge in [-0.1, -0.05) is 24.8 Å². The lowest BCUT2D eigenvalue weighted by Gasteiger charge is -2.06. The number of thioether (sulfide) groups is 1. The van der Waals surface area contributed by atoms with Crippen molar-refractivity contribution >= 4 is 29.0 Å². The van der Waals surface area contributed by atoms with Crippen LogP contribution in [0.4, 0.5) is 11.4 Å². The van der Waals surface area contributed by atoms with Crippen LogP contribution in [0, 0.1) is 17.0 Å². The van der Waals surface area contributed by atoms with Crippen LogP contribution >= 0.6 is 11.8 Å². The van der Waals surface area contributed by atoms with E-state index in [0.29, 0.717) is 23.0 Å². The van der Waals surface area contributed by atoms with Crippen molar-refractivity contribution in [3.05, 3.63) is 44.4 Å². The standard InChI is InChI=1S/C14H17N5O4S/c1-3-6-18-13(21)16-17-14(18)24-8-12(20)15-10-5-4-9(2)11(7-10)19(22)23/h4-5,7H,3,6,8H2,1-2H3,(H,15,20)(H,16,21). The highest BCUT2D eigenvalue weighted by molar-refractivity contribution is 7.99. The molecular formula is C14H17N5O4S. The maximum Gasteiger partial charge on any atom is 0.343 e. The Morgan fingerprint density at radius 1 is 1.50 bits per heavy atom. The van der Waals surface area contributed by atoms with Gasteiger partial charge in [-0.3, -0.25) is 19.5 Å². The minimum atomic E-state index is -0.493. The van der Waals surface area contributed by atoms with E-state index in [1.165, 1.54) is 10.6 Å². The van der Waals surface area contributed by atoms with E-state index in [1.54, 1.807) is 19.1 Å². The number of nitrogens with one attached hydrogen (secondary N) is 2. The Kier molecular flexibility index (Phi) is 5.74. The number of amides is 1. The van der Waals surface area contributed by atoms with E-state index >= 15 is 0 Å². The van der Waals surface area contributed by atoms with Crippen molar-refractivity contribution in [2.45, 2.75) is 32.0 Å². The molecule has 0 aliphatic carbocycles. The highest BCUT2D eigenvalue weighted by Gasteiger charge is 2.14. The number of nitro benzene ring substituents is 1. The zero-order chi connectivity index (χ0) is 17.7. The Labute approximate surface area is 141 Å². The summed E-state index contributed by atoms with van der Waals surface area (Å²) in [5.74, 6) is -0.299. The maximum atomic E-state index is 12.0. The summed E-state index contributed by atoms with van der Waals surface area (Å²) < 4.78 is 1.47. The summed E-state index contributed by atoms with van der Waals surface area (Å²) >= 11 is 1.12. The molecule has 0 bridgehead atoms. The number of hydrogen-bond donors (Lipinski definition) is 2. The molecule has 1 amide bonds. The van der Waals surface area contributed by atoms with Gasteiger partial charge in [0.1, 0.15) is 0 Å². The van der Waals surface area contributed by atoms with Gasteiger partial charge in [-0.2, -0.15) is 0 Å². The summed E-state index contributed by atoms with van der Waals surface area (Å²) in [5.41, 5.74) is 0.511. The van der Waals surface area contributed by atoms with Crippen molar-refractivity contribution in [2.24, 2.45) is 0 Å². The third-order valence-corrected chi connectivity index (χ3v) is 4.17. The fourth-order valence-corrected chi connectivity index (χ4v) is 2.82. The van der Waals surface area contributed by atoms with E-state index in [-0.39, 0.29) is 23.0 Å². The quantitative estimate of drug-likeness (QED) is 0.446. The molecule has 1 aromatic heterocycles. The summed E-state index contributed by atoms with van der Waals surface area (Å²) in [6, 6.07) is 4.50. The molecule has 1 aromatic carbocycles. The molecule has 0 aliphatic heterocycles. The van der Waals surface area contributed by atoms with Crippen LogP contribution < -0.4 is 11.0 Å². The fraction of sp³-hybridized carbons (Fsp3) is 0.357. The van der Waals surface area contributed by atoms with E-state index < -0.39 is 4.92 Å². The molecule has 10 heteroatoms. The number of anilines is 1. The van der Waals surface area contributed by atoms with Gasteiger partial charge in [0, 0.05) is 23.9 Å². The summed E-state index contributed by atoms with van der Waals surface area (Å²) in [6.07, 6.45) is 0.770. The van der Waals surface area contributed by atoms with Crippen LogP contribution in [0.5, 0.6) is 0 Å². The summed E-state index contributed by atoms with van der Waals surface area (Å²) in [5, 5.41) is 20.2. The number of aromatic amines is 1. The summed E-state index contributed by atoms with van der Waals surface area (Å²) in [4.78, 5) is 34.0. The molecule has 0 saturated heterocycles. The zero-order valence-corrected chi connectivity index (χ0v) is 14.1. The van der Waals surface area contributed by atoms with Crippen molar-refractivity contribution in [1.82, 2.24) is 14.8 Å². The molecule has 1 heterocycles. The lowest BCUT2D eigenvalue weighted by atomic mass is 10.2. The van der Waals surface area contributed by atoms with Crippen molar-refractivity contribution in [3.8, 4) is 0 Å². The van der Waals surface area contributed by atoms with Gasteiger partial charge in [0.2, 0.25) is 5.91 Å². The van der Waals surface area contributed by atoms with Gasteiger partial charge in [-0.25, -0.2) is 9.89 Å². The van der Waals surface area contributed by atoms with E-state index in [9.17, 15) is 19.7 Å². The average Bonchev–Trinajstić information content (AvgIpc) is 2.88. The van der Waals surface area contributed by atoms with Crippen molar-refractivity contribution in [3.63, 3.8) is 0 Å². The minimum absolute atomic E-state index is 0.0374. The Bertz CT molecular complexity index is 814. The van der Waals surface area contributed by atoms with Crippen LogP contribution in [0.1, 0.15) is 18.9 Å². The van der Waals surface area contributed by atoms with E-state index in [4.69, 9.17) is 0 Å². The number of hydrogen-bond acceptors (Lipinski definition) is 6. The Morgan fingerprint density at radius 2 is 2.25 bits per heavy atom. The highest BCUT2D eigenvalue weighted by Crippen LogP contribution is 2.22. The van der Waals surface area contributed by atoms with Gasteiger partial charge in [0.05, 0.1) is 10.7 Å². The Balaban J connectivity index is 2.00. The van der Waals surface area contributed by atoms with Crippen LogP contribution in [-0.4, -0.2) is 31.3 Å². The maximum absolute atomic E-state index is 12.0. The molecule has 0 aliphatic rings. The normalized spacial score (nSPS) is 10.6. The first-order valence-electron chi connectivity index (χ1n) is 7.25. The second kappa shape index (κ2) is 7.77. The van der Waals surface area contributed by atoms with Crippen LogP contribution in [0.3, 0.4) is 0 Å². The van der Waals surface area contributed by atoms with Crippen LogP contribution in [0.2, 0.25) is 0 Å². The number of nitrogens with zero attached hydrogens (tertiary/aromatic N) is 3. The second-order valence-corrected chi connectivity index (χ2v) is 6.00. The van der Waals surface area contributed by atoms with Gasteiger partial charge >= 0.3 is 5.69 Å². The molecular weight excluding hydrogens is 334 g/mol. The van der Waals surface area contributed by atoms with Crippen molar-refractivity contribution in [2.75, 3.05) is 11.1 Å². The lowest BCUT2D eigenvalue weighted by Crippen LogP contribution is -2.18. The fourth-order valence-electron chi connectivity index (χ4n) is 2.05. The molecule has 2 aromatic rings. The number of benzene rings is 1. The number of aromatic nitrogens is 3. The molecule has 0 fully saturated rings. The van der Waals surface area contributed by atoms with E-state index in [1.807, 2.05) is 6.92 Å². The summed E-state index contributed by atoms with van der Waals surface area (Å²) in [7, 11) is 0. The lowest BCUT2D eigenvalue weighted by molar-refractivity contribution is -0.385. The molecule has 2 N–H and O–H groups in total. The van der Waals surface area contributed by atoms with E-state index in [2.05, 4.69) is 15.5 Å². The number of aryl methyl sites for hydroxylation is 1. The first kappa shape index (κ1) is 17.7. The molecule has 0 spiro atoms. The predicted molar refractivity (Wildman–Crippen MR) is 90.3 cm³/mol. The van der Waals surface area contributed by atoms with Gasteiger partial charge in [-0.05, 0) is 19.4 Å². The number of H-pyrrole nitrogens is 1. The highest BCUT2D eigenvalue weighted by atomic mass is 32.2. The smallest absolute Gasteiger partial charge is 0.325 e. The topological polar surface area (TPSA) is 123 Å². The molecule has 0 radical (unpaired) electrons. The van der Waals surface area contributed by atoms with Gasteiger partial charge < -0.3 is 5.32 Å². The number of carbonyl (C=O) groups excluding carboxylic acids is 1. The largest absolute Gasteiger partial charge is 0.343 e. The molecule has 128 valence electrons. The van der Waals surface area contributed by atoms with Gasteiger partial charge in [0.25, 0.3) is 5.69 Å². The van der Waals surface area contributed by atoms with Crippen LogP contribution in [0.25, 0.3) is 0 Å². The van der Waals surface area contributed by atoms with Gasteiger partial charge in [-0.15, -0.1) is 5.10 Å². The number of rotatable bonds is 7. The molecule has 0 saturated carbocycles. The van der Waals surface area contributed by atoms with E-state index in [0.717, 1.165) is 18.2 Å². The third kappa shape index (κ3) is 4.22. The number of nitro groups is 1. The zero-order valence-electron chi connectivity index (χ0n) is 13.2. The monoisotopic (exact) mass is 351 g/mol. The molecule has 24 heavy (non-hydrogen) atoms. The van der Waals surface area contributed by atoms with Gasteiger partial charge in [0.15, 0.2) is 5.16 Å². The number of carbonyl (C=O) groups is 1. The predicted octanol–water partition coefficient (Wildman–Crippen LogP) is 1.93. The van der Waals surface area contributed by atoms with Crippen LogP contribution in [-0.2, 0) is 11.3 Å². The van der Waals surface area contributed by atoms with Crippen molar-refractivity contribution < 1.29 is 9.72 Å². The molecule has 2 rings (SSSR count). The first-order chi connectivity index (χ1) is 11.4. The molecule has 0 unspecified atom stereocenters. The first-order valence-corrected chi connectivity index (χ1v) is 8.23. The van der Waals surface area contributed by atoms with Crippen LogP contribution in [0.15, 0.2) is 28.2 Å². The summed E-state index contributed by atoms with van der Waals surface area (Å²) in [6.45, 7) is 4.08.